The topological polar surface area (TPSA) is 106 Å². The number of carbonyl (C=O) groups is 1. The van der Waals surface area contributed by atoms with Gasteiger partial charge in [0.15, 0.2) is 0 Å². The van der Waals surface area contributed by atoms with Gasteiger partial charge in [0.25, 0.3) is 0 Å². The van der Waals surface area contributed by atoms with E-state index in [0.717, 1.165) is 55.3 Å². The number of urea groups is 1. The van der Waals surface area contributed by atoms with E-state index in [1.165, 1.54) is 26.3 Å². The Balaban J connectivity index is 0.00000153. The number of nitrogens with one attached hydrogen (secondary N) is 2. The number of benzene rings is 1. The van der Waals surface area contributed by atoms with Crippen LogP contribution in [0, 0.1) is 5.92 Å². The molecule has 1 aliphatic heterocycles. The van der Waals surface area contributed by atoms with Gasteiger partial charge in [0.05, 0.1) is 25.1 Å². The molecule has 0 atom stereocenters. The number of ether oxygens (including phenoxy) is 1. The average molecular weight is 470 g/mol. The van der Waals surface area contributed by atoms with Crippen LogP contribution in [-0.2, 0) is 47.7 Å². The van der Waals surface area contributed by atoms with Crippen LogP contribution in [0.25, 0.3) is 0 Å². The van der Waals surface area contributed by atoms with Gasteiger partial charge >= 0.3 is 45.8 Å². The first kappa shape index (κ1) is 23.6. The van der Waals surface area contributed by atoms with Crippen molar-refractivity contribution in [3.8, 4) is 0 Å². The molecule has 0 saturated carbocycles. The van der Waals surface area contributed by atoms with Gasteiger partial charge in [-0.1, -0.05) is 6.07 Å². The number of amides is 2. The predicted molar refractivity (Wildman–Crippen MR) is 118 cm³/mol. The fraction of sp³-hybridized carbons (Fsp3) is 0.524. The number of nitrogens with zero attached hydrogens (tertiary/aromatic N) is 3. The van der Waals surface area contributed by atoms with Crippen molar-refractivity contribution < 1.29 is 48.9 Å². The van der Waals surface area contributed by atoms with Crippen LogP contribution in [-0.4, -0.2) is 44.0 Å². The quantitative estimate of drug-likeness (QED) is 0.530. The number of aryl methyl sites for hydroxylation is 3. The Morgan fingerprint density at radius 1 is 1.22 bits per heavy atom. The smallest absolute Gasteiger partial charge is 1.00 e. The van der Waals surface area contributed by atoms with Gasteiger partial charge in [0.1, 0.15) is 0 Å². The Morgan fingerprint density at radius 2 is 1.88 bits per heavy atom. The van der Waals surface area contributed by atoms with Crippen LogP contribution in [0.5, 0.6) is 0 Å². The van der Waals surface area contributed by atoms with Crippen molar-refractivity contribution in [1.29, 1.82) is 0 Å². The van der Waals surface area contributed by atoms with Gasteiger partial charge in [-0.3, -0.25) is 4.68 Å². The minimum Gasteiger partial charge on any atom is -1.00 e. The molecular formula is C21H28N5NaO4S. The van der Waals surface area contributed by atoms with Gasteiger partial charge in [-0.05, 0) is 60.8 Å². The molecule has 0 unspecified atom stereocenters. The molecule has 0 radical (unpaired) electrons. The van der Waals surface area contributed by atoms with Crippen molar-refractivity contribution in [2.24, 2.45) is 13.0 Å². The van der Waals surface area contributed by atoms with Crippen LogP contribution >= 0.6 is 0 Å². The average Bonchev–Trinajstić information content (AvgIpc) is 3.40. The molecule has 2 N–H and O–H groups in total. The maximum absolute atomic E-state index is 13.2. The van der Waals surface area contributed by atoms with E-state index in [9.17, 15) is 13.2 Å². The largest absolute Gasteiger partial charge is 1.00 e. The number of rotatable bonds is 6. The summed E-state index contributed by atoms with van der Waals surface area (Å²) in [6.45, 7) is 1.23. The number of hydrogen-bond donors (Lipinski definition) is 2. The van der Waals surface area contributed by atoms with Gasteiger partial charge in [-0.2, -0.15) is 13.5 Å². The van der Waals surface area contributed by atoms with Gasteiger partial charge in [-0.25, -0.2) is 13.8 Å². The first-order chi connectivity index (χ1) is 14.9. The van der Waals surface area contributed by atoms with Crippen LogP contribution in [0.3, 0.4) is 0 Å². The minimum atomic E-state index is -4.12. The van der Waals surface area contributed by atoms with Gasteiger partial charge < -0.3 is 11.5 Å². The molecule has 32 heavy (non-hydrogen) atoms. The summed E-state index contributed by atoms with van der Waals surface area (Å²) in [7, 11) is -2.40. The molecule has 168 valence electrons. The van der Waals surface area contributed by atoms with Crippen LogP contribution in [0.1, 0.15) is 36.5 Å². The van der Waals surface area contributed by atoms with Crippen molar-refractivity contribution >= 4 is 27.6 Å². The van der Waals surface area contributed by atoms with E-state index in [1.54, 1.807) is 13.2 Å². The van der Waals surface area contributed by atoms with Crippen LogP contribution < -0.4 is 43.9 Å². The SMILES string of the molecule is Cn1cc(N(CC2COC2)S(=O)(=O)NC(=O)Nc2c3c(cc4c2CCC4)CCC3)cn1.[H-].[Na+]. The van der Waals surface area contributed by atoms with Crippen LogP contribution in [0.2, 0.25) is 0 Å². The molecule has 2 amide bonds. The number of aromatic nitrogens is 2. The Hall–Kier alpha value is -1.59. The zero-order valence-corrected chi connectivity index (χ0v) is 21.4. The Kier molecular flexibility index (Phi) is 6.88. The van der Waals surface area contributed by atoms with Gasteiger partial charge in [0, 0.05) is 31.4 Å². The fourth-order valence-electron chi connectivity index (χ4n) is 4.78. The normalized spacial score (nSPS) is 17.2. The second kappa shape index (κ2) is 9.34. The first-order valence-corrected chi connectivity index (χ1v) is 12.2. The number of carbonyl (C=O) groups excluding carboxylic acids is 1. The predicted octanol–water partition coefficient (Wildman–Crippen LogP) is -0.967. The molecule has 11 heteroatoms. The minimum absolute atomic E-state index is 0. The Morgan fingerprint density at radius 3 is 2.41 bits per heavy atom. The Labute approximate surface area is 211 Å². The fourth-order valence-corrected chi connectivity index (χ4v) is 5.96. The standard InChI is InChI=1S/C21H27N5O4S.Na.H/c1-25-11-17(9-22-25)26(10-14-12-30-13-14)31(28,29)24-21(27)23-20-18-6-2-4-15(18)8-16-5-3-7-19(16)20;;/h8-9,11,14H,2-7,10,12-13H2,1H3,(H2,23,24,27);;/q;+1;-1. The summed E-state index contributed by atoms with van der Waals surface area (Å²) < 4.78 is 36.5. The van der Waals surface area contributed by atoms with Gasteiger partial charge in [-0.15, -0.1) is 0 Å². The van der Waals surface area contributed by atoms with E-state index in [2.05, 4.69) is 21.2 Å². The maximum atomic E-state index is 13.2. The van der Waals surface area contributed by atoms with Crippen molar-refractivity contribution in [1.82, 2.24) is 14.5 Å². The second-order valence-corrected chi connectivity index (χ2v) is 10.2. The molecular weight excluding hydrogens is 441 g/mol. The van der Waals surface area contributed by atoms with E-state index >= 15 is 0 Å². The third kappa shape index (κ3) is 4.56. The molecule has 5 rings (SSSR count). The summed E-state index contributed by atoms with van der Waals surface area (Å²) in [5.41, 5.74) is 6.10. The zero-order valence-electron chi connectivity index (χ0n) is 19.6. The molecule has 9 nitrogen and oxygen atoms in total. The maximum Gasteiger partial charge on any atom is 1.00 e. The van der Waals surface area contributed by atoms with Crippen molar-refractivity contribution in [3.05, 3.63) is 40.7 Å². The van der Waals surface area contributed by atoms with Crippen molar-refractivity contribution in [3.63, 3.8) is 0 Å². The molecule has 2 aromatic rings. The van der Waals surface area contributed by atoms with E-state index in [4.69, 9.17) is 4.74 Å². The molecule has 1 saturated heterocycles. The molecule has 2 aliphatic carbocycles. The van der Waals surface area contributed by atoms with E-state index in [0.29, 0.717) is 18.9 Å². The van der Waals surface area contributed by atoms with Crippen LogP contribution in [0.15, 0.2) is 18.5 Å². The van der Waals surface area contributed by atoms with Crippen molar-refractivity contribution in [2.75, 3.05) is 29.4 Å². The van der Waals surface area contributed by atoms with Crippen LogP contribution in [0.4, 0.5) is 16.2 Å². The van der Waals surface area contributed by atoms with E-state index in [-0.39, 0.29) is 43.4 Å². The molecule has 1 aromatic heterocycles. The molecule has 0 bridgehead atoms. The molecule has 2 heterocycles. The Bertz CT molecular complexity index is 1100. The molecule has 1 fully saturated rings. The third-order valence-corrected chi connectivity index (χ3v) is 7.72. The van der Waals surface area contributed by atoms with E-state index < -0.39 is 16.2 Å². The number of anilines is 2. The molecule has 1 aromatic carbocycles. The number of fused-ring (bicyclic) bond motifs is 2. The summed E-state index contributed by atoms with van der Waals surface area (Å²) in [4.78, 5) is 12.9. The molecule has 3 aliphatic rings. The summed E-state index contributed by atoms with van der Waals surface area (Å²) in [6, 6.07) is 1.54. The third-order valence-electron chi connectivity index (χ3n) is 6.33. The van der Waals surface area contributed by atoms with E-state index in [1.807, 2.05) is 0 Å². The monoisotopic (exact) mass is 469 g/mol. The summed E-state index contributed by atoms with van der Waals surface area (Å²) >= 11 is 0. The van der Waals surface area contributed by atoms with Gasteiger partial charge in [0.2, 0.25) is 0 Å². The zero-order chi connectivity index (χ0) is 21.6. The first-order valence-electron chi connectivity index (χ1n) is 10.7. The summed E-state index contributed by atoms with van der Waals surface area (Å²) in [5.74, 6) is 0.0838. The van der Waals surface area contributed by atoms with Crippen molar-refractivity contribution in [2.45, 2.75) is 38.5 Å². The summed E-state index contributed by atoms with van der Waals surface area (Å²) in [5, 5.41) is 6.97. The number of hydrogen-bond acceptors (Lipinski definition) is 5. The molecule has 0 spiro atoms. The summed E-state index contributed by atoms with van der Waals surface area (Å²) in [6.07, 6.45) is 9.06. The second-order valence-electron chi connectivity index (χ2n) is 8.60.